The molecule has 1 heterocycles. The summed E-state index contributed by atoms with van der Waals surface area (Å²) in [6, 6.07) is 16.4. The van der Waals surface area contributed by atoms with Crippen molar-refractivity contribution in [2.24, 2.45) is 0 Å². The molecule has 2 aromatic rings. The van der Waals surface area contributed by atoms with Crippen LogP contribution < -0.4 is 4.74 Å². The highest BCUT2D eigenvalue weighted by atomic mass is 35.5. The second kappa shape index (κ2) is 10.7. The Morgan fingerprint density at radius 2 is 2.00 bits per heavy atom. The molecular formula is C24H30ClNO3. The van der Waals surface area contributed by atoms with Crippen LogP contribution in [0.5, 0.6) is 5.75 Å². The molecule has 29 heavy (non-hydrogen) atoms. The summed E-state index contributed by atoms with van der Waals surface area (Å²) in [5.41, 5.74) is 2.58. The highest BCUT2D eigenvalue weighted by Crippen LogP contribution is 2.28. The van der Waals surface area contributed by atoms with Gasteiger partial charge in [-0.05, 0) is 62.1 Å². The number of likely N-dealkylation sites (tertiary alicyclic amines) is 1. The second-order valence-electron chi connectivity index (χ2n) is 7.40. The lowest BCUT2D eigenvalue weighted by Gasteiger charge is -2.31. The molecular weight excluding hydrogens is 386 g/mol. The van der Waals surface area contributed by atoms with E-state index in [0.29, 0.717) is 18.2 Å². The highest BCUT2D eigenvalue weighted by Gasteiger charge is 2.32. The van der Waals surface area contributed by atoms with Gasteiger partial charge in [0.1, 0.15) is 11.9 Å². The smallest absolute Gasteiger partial charge is 0.338 e. The van der Waals surface area contributed by atoms with Gasteiger partial charge >= 0.3 is 5.97 Å². The first-order chi connectivity index (χ1) is 14.2. The highest BCUT2D eigenvalue weighted by molar-refractivity contribution is 6.17. The Bertz CT molecular complexity index is 796. The zero-order valence-corrected chi connectivity index (χ0v) is 18.0. The van der Waals surface area contributed by atoms with E-state index in [9.17, 15) is 4.79 Å². The van der Waals surface area contributed by atoms with E-state index in [1.807, 2.05) is 12.1 Å². The standard InChI is InChI=1S/C24H30ClNO3/c1-3-23(22-11-8-14-26(22)17-18-9-6-5-7-10-18)29-20-12-13-21(19(15-20)16-25)24(27)28-4-2/h5-7,9-10,12-13,15,22-23H,3-4,8,11,14,16-17H2,1-2H3/t22-,23?/m0/s1. The van der Waals surface area contributed by atoms with E-state index < -0.39 is 0 Å². The molecule has 1 aliphatic heterocycles. The summed E-state index contributed by atoms with van der Waals surface area (Å²) in [5, 5.41) is 0. The summed E-state index contributed by atoms with van der Waals surface area (Å²) in [7, 11) is 0. The van der Waals surface area contributed by atoms with E-state index in [0.717, 1.165) is 37.2 Å². The molecule has 0 N–H and O–H groups in total. The minimum absolute atomic E-state index is 0.0952. The maximum absolute atomic E-state index is 12.1. The molecule has 0 bridgehead atoms. The van der Waals surface area contributed by atoms with Crippen LogP contribution in [0.2, 0.25) is 0 Å². The normalized spacial score (nSPS) is 17.8. The van der Waals surface area contributed by atoms with Crippen molar-refractivity contribution in [2.75, 3.05) is 13.2 Å². The van der Waals surface area contributed by atoms with Crippen molar-refractivity contribution < 1.29 is 14.3 Å². The van der Waals surface area contributed by atoms with Gasteiger partial charge in [-0.2, -0.15) is 0 Å². The lowest BCUT2D eigenvalue weighted by molar-refractivity contribution is 0.0525. The van der Waals surface area contributed by atoms with Gasteiger partial charge in [0, 0.05) is 18.5 Å². The first kappa shape index (κ1) is 21.7. The number of benzene rings is 2. The average Bonchev–Trinajstić information content (AvgIpc) is 3.20. The van der Waals surface area contributed by atoms with Crippen molar-refractivity contribution in [2.45, 2.75) is 57.7 Å². The van der Waals surface area contributed by atoms with Crippen LogP contribution in [-0.2, 0) is 17.2 Å². The molecule has 0 spiro atoms. The van der Waals surface area contributed by atoms with Crippen molar-refractivity contribution >= 4 is 17.6 Å². The molecule has 5 heteroatoms. The Morgan fingerprint density at radius 3 is 2.69 bits per heavy atom. The zero-order valence-electron chi connectivity index (χ0n) is 17.3. The molecule has 1 aliphatic rings. The Kier molecular flexibility index (Phi) is 7.96. The predicted molar refractivity (Wildman–Crippen MR) is 117 cm³/mol. The molecule has 0 amide bonds. The molecule has 0 saturated carbocycles. The fraction of sp³-hybridized carbons (Fsp3) is 0.458. The molecule has 0 radical (unpaired) electrons. The summed E-state index contributed by atoms with van der Waals surface area (Å²) in [6.07, 6.45) is 3.34. The molecule has 1 saturated heterocycles. The molecule has 1 fully saturated rings. The zero-order chi connectivity index (χ0) is 20.6. The fourth-order valence-corrected chi connectivity index (χ4v) is 4.28. The maximum atomic E-state index is 12.1. The number of hydrogen-bond acceptors (Lipinski definition) is 4. The van der Waals surface area contributed by atoms with Crippen LogP contribution in [0, 0.1) is 0 Å². The number of esters is 1. The minimum Gasteiger partial charge on any atom is -0.489 e. The van der Waals surface area contributed by atoms with E-state index in [1.54, 1.807) is 13.0 Å². The number of rotatable bonds is 9. The first-order valence-electron chi connectivity index (χ1n) is 10.5. The summed E-state index contributed by atoms with van der Waals surface area (Å²) in [4.78, 5) is 14.6. The van der Waals surface area contributed by atoms with Gasteiger partial charge in [0.05, 0.1) is 12.2 Å². The van der Waals surface area contributed by atoms with Gasteiger partial charge in [-0.3, -0.25) is 4.90 Å². The van der Waals surface area contributed by atoms with Crippen molar-refractivity contribution in [3.05, 3.63) is 65.2 Å². The quantitative estimate of drug-likeness (QED) is 0.404. The Morgan fingerprint density at radius 1 is 1.21 bits per heavy atom. The van der Waals surface area contributed by atoms with Gasteiger partial charge in [0.2, 0.25) is 0 Å². The number of halogens is 1. The first-order valence-corrected chi connectivity index (χ1v) is 11.0. The van der Waals surface area contributed by atoms with E-state index in [4.69, 9.17) is 21.1 Å². The summed E-state index contributed by atoms with van der Waals surface area (Å²) < 4.78 is 11.5. The fourth-order valence-electron chi connectivity index (χ4n) is 4.06. The van der Waals surface area contributed by atoms with Crippen LogP contribution in [0.25, 0.3) is 0 Å². The molecule has 2 aromatic carbocycles. The summed E-state index contributed by atoms with van der Waals surface area (Å²) in [6.45, 7) is 6.34. The van der Waals surface area contributed by atoms with Gasteiger partial charge in [-0.15, -0.1) is 11.6 Å². The van der Waals surface area contributed by atoms with Crippen molar-refractivity contribution in [1.29, 1.82) is 0 Å². The lowest BCUT2D eigenvalue weighted by Crippen LogP contribution is -2.41. The van der Waals surface area contributed by atoms with E-state index >= 15 is 0 Å². The number of ether oxygens (including phenoxy) is 2. The molecule has 1 unspecified atom stereocenters. The number of hydrogen-bond donors (Lipinski definition) is 0. The molecule has 156 valence electrons. The van der Waals surface area contributed by atoms with Crippen molar-refractivity contribution in [3.63, 3.8) is 0 Å². The van der Waals surface area contributed by atoms with Gasteiger partial charge in [0.25, 0.3) is 0 Å². The monoisotopic (exact) mass is 415 g/mol. The molecule has 0 aliphatic carbocycles. The van der Waals surface area contributed by atoms with E-state index in [-0.39, 0.29) is 18.0 Å². The predicted octanol–water partition coefficient (Wildman–Crippen LogP) is 5.42. The number of nitrogens with zero attached hydrogens (tertiary/aromatic N) is 1. The van der Waals surface area contributed by atoms with Gasteiger partial charge in [0.15, 0.2) is 0 Å². The van der Waals surface area contributed by atoms with Gasteiger partial charge in [-0.25, -0.2) is 4.79 Å². The SMILES string of the molecule is CCOC(=O)c1ccc(OC(CC)[C@@H]2CCCN2Cc2ccccc2)cc1CCl. The Hall–Kier alpha value is -2.04. The van der Waals surface area contributed by atoms with Crippen LogP contribution in [0.1, 0.15) is 54.6 Å². The van der Waals surface area contributed by atoms with Gasteiger partial charge < -0.3 is 9.47 Å². The average molecular weight is 416 g/mol. The number of alkyl halides is 1. The van der Waals surface area contributed by atoms with Crippen LogP contribution in [0.3, 0.4) is 0 Å². The third-order valence-electron chi connectivity index (χ3n) is 5.48. The van der Waals surface area contributed by atoms with Crippen LogP contribution in [-0.4, -0.2) is 36.2 Å². The molecule has 4 nitrogen and oxygen atoms in total. The number of carbonyl (C=O) groups is 1. The maximum Gasteiger partial charge on any atom is 0.338 e. The van der Waals surface area contributed by atoms with Crippen LogP contribution >= 0.6 is 11.6 Å². The van der Waals surface area contributed by atoms with Crippen molar-refractivity contribution in [3.8, 4) is 5.75 Å². The largest absolute Gasteiger partial charge is 0.489 e. The van der Waals surface area contributed by atoms with E-state index in [1.165, 1.54) is 12.0 Å². The minimum atomic E-state index is -0.341. The Labute approximate surface area is 178 Å². The second-order valence-corrected chi connectivity index (χ2v) is 7.67. The molecule has 3 rings (SSSR count). The van der Waals surface area contributed by atoms with E-state index in [2.05, 4.69) is 42.2 Å². The van der Waals surface area contributed by atoms with Gasteiger partial charge in [-0.1, -0.05) is 37.3 Å². The van der Waals surface area contributed by atoms with Crippen LogP contribution in [0.15, 0.2) is 48.5 Å². The topological polar surface area (TPSA) is 38.8 Å². The Balaban J connectivity index is 1.72. The summed E-state index contributed by atoms with van der Waals surface area (Å²) in [5.74, 6) is 0.657. The van der Waals surface area contributed by atoms with Crippen molar-refractivity contribution in [1.82, 2.24) is 4.90 Å². The van der Waals surface area contributed by atoms with Crippen LogP contribution in [0.4, 0.5) is 0 Å². The number of carbonyl (C=O) groups excluding carboxylic acids is 1. The summed E-state index contributed by atoms with van der Waals surface area (Å²) >= 11 is 6.09. The third kappa shape index (κ3) is 5.52. The third-order valence-corrected chi connectivity index (χ3v) is 5.77. The lowest BCUT2D eigenvalue weighted by atomic mass is 10.0. The molecule has 0 aromatic heterocycles. The molecule has 2 atom stereocenters.